The van der Waals surface area contributed by atoms with E-state index in [4.69, 9.17) is 10.5 Å². The highest BCUT2D eigenvalue weighted by Crippen LogP contribution is 2.28. The first-order chi connectivity index (χ1) is 14.7. The fourth-order valence-electron chi connectivity index (χ4n) is 4.42. The molecule has 4 aromatic rings. The van der Waals surface area contributed by atoms with E-state index in [0.29, 0.717) is 11.9 Å². The Morgan fingerprint density at radius 1 is 0.933 bits per heavy atom. The van der Waals surface area contributed by atoms with Crippen LogP contribution in [0, 0.1) is 6.92 Å². The molecule has 4 heteroatoms. The molecular weight excluding hydrogens is 370 g/mol. The van der Waals surface area contributed by atoms with Crippen molar-refractivity contribution in [2.45, 2.75) is 51.6 Å². The van der Waals surface area contributed by atoms with Crippen LogP contribution in [-0.2, 0) is 12.8 Å². The second-order valence-electron chi connectivity index (χ2n) is 8.43. The monoisotopic (exact) mass is 397 g/mol. The van der Waals surface area contributed by atoms with Gasteiger partial charge in [0.15, 0.2) is 5.82 Å². The molecule has 1 aliphatic carbocycles. The zero-order valence-corrected chi connectivity index (χ0v) is 17.4. The number of pyridine rings is 2. The molecule has 0 bridgehead atoms. The van der Waals surface area contributed by atoms with Gasteiger partial charge in [0.1, 0.15) is 11.3 Å². The van der Waals surface area contributed by atoms with Crippen molar-refractivity contribution in [2.75, 3.05) is 5.73 Å². The summed E-state index contributed by atoms with van der Waals surface area (Å²) in [5.41, 5.74) is 11.6. The van der Waals surface area contributed by atoms with Gasteiger partial charge >= 0.3 is 0 Å². The number of fused-ring (bicyclic) bond motifs is 3. The third-order valence-corrected chi connectivity index (χ3v) is 6.10. The van der Waals surface area contributed by atoms with Crippen LogP contribution in [0.5, 0.6) is 5.75 Å². The predicted molar refractivity (Wildman–Crippen MR) is 123 cm³/mol. The highest BCUT2D eigenvalue weighted by molar-refractivity contribution is 6.08. The molecule has 5 rings (SSSR count). The SMILES string of the molecule is Cc1ccc2c(c1)nc(N)c1ncc(CCc3ccc(OC4CCCC4)cc3)cc12. The number of benzene rings is 2. The van der Waals surface area contributed by atoms with Crippen LogP contribution < -0.4 is 10.5 Å². The summed E-state index contributed by atoms with van der Waals surface area (Å²) in [7, 11) is 0. The third kappa shape index (κ3) is 3.82. The number of anilines is 1. The maximum absolute atomic E-state index is 6.17. The van der Waals surface area contributed by atoms with Crippen molar-refractivity contribution < 1.29 is 4.74 Å². The average Bonchev–Trinajstić information content (AvgIpc) is 3.26. The highest BCUT2D eigenvalue weighted by Gasteiger charge is 2.16. The Bertz CT molecular complexity index is 1190. The summed E-state index contributed by atoms with van der Waals surface area (Å²) >= 11 is 0. The Labute approximate surface area is 177 Å². The highest BCUT2D eigenvalue weighted by atomic mass is 16.5. The van der Waals surface area contributed by atoms with Crippen LogP contribution >= 0.6 is 0 Å². The molecule has 152 valence electrons. The molecule has 0 unspecified atom stereocenters. The molecule has 2 aromatic heterocycles. The van der Waals surface area contributed by atoms with Gasteiger partial charge in [-0.1, -0.05) is 24.3 Å². The molecule has 2 N–H and O–H groups in total. The molecule has 0 saturated heterocycles. The van der Waals surface area contributed by atoms with Crippen LogP contribution in [-0.4, -0.2) is 16.1 Å². The van der Waals surface area contributed by atoms with Crippen LogP contribution in [0.1, 0.15) is 42.4 Å². The van der Waals surface area contributed by atoms with Gasteiger partial charge in [0.25, 0.3) is 0 Å². The van der Waals surface area contributed by atoms with Crippen molar-refractivity contribution in [1.82, 2.24) is 9.97 Å². The zero-order valence-electron chi connectivity index (χ0n) is 17.4. The number of aromatic nitrogens is 2. The Hall–Kier alpha value is -3.14. The second kappa shape index (κ2) is 7.94. The second-order valence-corrected chi connectivity index (χ2v) is 8.43. The molecule has 0 radical (unpaired) electrons. The molecular formula is C26H27N3O. The van der Waals surface area contributed by atoms with Gasteiger partial charge in [0.05, 0.1) is 11.6 Å². The summed E-state index contributed by atoms with van der Waals surface area (Å²) in [5, 5.41) is 2.18. The molecule has 2 heterocycles. The van der Waals surface area contributed by atoms with Crippen molar-refractivity contribution in [3.8, 4) is 5.75 Å². The van der Waals surface area contributed by atoms with Gasteiger partial charge in [-0.25, -0.2) is 4.98 Å². The molecule has 0 atom stereocenters. The van der Waals surface area contributed by atoms with E-state index in [1.54, 1.807) is 0 Å². The van der Waals surface area contributed by atoms with Gasteiger partial charge in [0, 0.05) is 17.0 Å². The Morgan fingerprint density at radius 2 is 1.70 bits per heavy atom. The number of aryl methyl sites for hydroxylation is 3. The van der Waals surface area contributed by atoms with Crippen molar-refractivity contribution in [1.29, 1.82) is 0 Å². The molecule has 2 aromatic carbocycles. The molecule has 0 aliphatic heterocycles. The maximum atomic E-state index is 6.17. The van der Waals surface area contributed by atoms with Gasteiger partial charge in [-0.2, -0.15) is 0 Å². The summed E-state index contributed by atoms with van der Waals surface area (Å²) < 4.78 is 6.07. The van der Waals surface area contributed by atoms with Crippen molar-refractivity contribution in [3.63, 3.8) is 0 Å². The Balaban J connectivity index is 1.34. The topological polar surface area (TPSA) is 61.0 Å². The van der Waals surface area contributed by atoms with Gasteiger partial charge < -0.3 is 10.5 Å². The van der Waals surface area contributed by atoms with E-state index in [1.807, 2.05) is 6.20 Å². The van der Waals surface area contributed by atoms with Crippen LogP contribution in [0.3, 0.4) is 0 Å². The molecule has 30 heavy (non-hydrogen) atoms. The maximum Gasteiger partial charge on any atom is 0.150 e. The number of ether oxygens (including phenoxy) is 1. The number of hydrogen-bond acceptors (Lipinski definition) is 4. The lowest BCUT2D eigenvalue weighted by Crippen LogP contribution is -2.10. The molecule has 0 amide bonds. The van der Waals surface area contributed by atoms with Crippen LogP contribution in [0.25, 0.3) is 21.8 Å². The lowest BCUT2D eigenvalue weighted by atomic mass is 10.0. The minimum absolute atomic E-state index is 0.403. The predicted octanol–water partition coefficient (Wildman–Crippen LogP) is 5.78. The lowest BCUT2D eigenvalue weighted by molar-refractivity contribution is 0.210. The first-order valence-electron chi connectivity index (χ1n) is 10.9. The summed E-state index contributed by atoms with van der Waals surface area (Å²) in [6.07, 6.45) is 9.18. The van der Waals surface area contributed by atoms with Crippen molar-refractivity contribution in [3.05, 3.63) is 71.4 Å². The van der Waals surface area contributed by atoms with Crippen LogP contribution in [0.4, 0.5) is 5.82 Å². The van der Waals surface area contributed by atoms with E-state index in [9.17, 15) is 0 Å². The van der Waals surface area contributed by atoms with Crippen molar-refractivity contribution in [2.24, 2.45) is 0 Å². The number of nitrogens with zero attached hydrogens (tertiary/aromatic N) is 2. The average molecular weight is 398 g/mol. The molecule has 1 fully saturated rings. The summed E-state index contributed by atoms with van der Waals surface area (Å²) in [4.78, 5) is 9.17. The van der Waals surface area contributed by atoms with E-state index in [1.165, 1.54) is 42.4 Å². The molecule has 1 aliphatic rings. The number of nitrogen functional groups attached to an aromatic ring is 1. The summed E-state index contributed by atoms with van der Waals surface area (Å²) in [6, 6.07) is 17.1. The first kappa shape index (κ1) is 18.9. The summed E-state index contributed by atoms with van der Waals surface area (Å²) in [6.45, 7) is 2.07. The minimum atomic E-state index is 0.403. The van der Waals surface area contributed by atoms with Crippen LogP contribution in [0.2, 0.25) is 0 Å². The van der Waals surface area contributed by atoms with E-state index in [2.05, 4.69) is 65.4 Å². The van der Waals surface area contributed by atoms with E-state index in [0.717, 1.165) is 40.4 Å². The Morgan fingerprint density at radius 3 is 2.50 bits per heavy atom. The van der Waals surface area contributed by atoms with E-state index in [-0.39, 0.29) is 0 Å². The number of nitrogens with two attached hydrogens (primary N) is 1. The van der Waals surface area contributed by atoms with E-state index < -0.39 is 0 Å². The number of rotatable bonds is 5. The zero-order chi connectivity index (χ0) is 20.5. The van der Waals surface area contributed by atoms with Gasteiger partial charge in [-0.05, 0) is 86.4 Å². The molecule has 4 nitrogen and oxygen atoms in total. The largest absolute Gasteiger partial charge is 0.490 e. The van der Waals surface area contributed by atoms with Gasteiger partial charge in [0.2, 0.25) is 0 Å². The Kier molecular flexibility index (Phi) is 4.99. The lowest BCUT2D eigenvalue weighted by Gasteiger charge is -2.13. The molecule has 0 spiro atoms. The standard InChI is InChI=1S/C26H27N3O/c1-17-6-13-22-23-15-19(16-28-25(23)26(27)29-24(22)14-17)8-7-18-9-11-21(12-10-18)30-20-4-2-3-5-20/h6,9-16,20H,2-5,7-8H2,1H3,(H2,27,29). The minimum Gasteiger partial charge on any atom is -0.490 e. The third-order valence-electron chi connectivity index (χ3n) is 6.10. The summed E-state index contributed by atoms with van der Waals surface area (Å²) in [5.74, 6) is 1.48. The van der Waals surface area contributed by atoms with Crippen molar-refractivity contribution >= 4 is 27.6 Å². The quantitative estimate of drug-likeness (QED) is 0.434. The fraction of sp³-hybridized carbons (Fsp3) is 0.308. The first-order valence-corrected chi connectivity index (χ1v) is 10.9. The fourth-order valence-corrected chi connectivity index (χ4v) is 4.42. The van der Waals surface area contributed by atoms with Gasteiger partial charge in [-0.3, -0.25) is 4.98 Å². The smallest absolute Gasteiger partial charge is 0.150 e. The van der Waals surface area contributed by atoms with E-state index >= 15 is 0 Å². The number of hydrogen-bond donors (Lipinski definition) is 1. The normalized spacial score (nSPS) is 14.6. The molecule has 1 saturated carbocycles. The van der Waals surface area contributed by atoms with Crippen LogP contribution in [0.15, 0.2) is 54.7 Å². The van der Waals surface area contributed by atoms with Gasteiger partial charge in [-0.15, -0.1) is 0 Å².